The Balaban J connectivity index is 1.59. The summed E-state index contributed by atoms with van der Waals surface area (Å²) in [6.45, 7) is 2.15. The van der Waals surface area contributed by atoms with E-state index in [0.717, 1.165) is 10.7 Å². The Hall–Kier alpha value is -2.54. The summed E-state index contributed by atoms with van der Waals surface area (Å²) in [5, 5.41) is 8.93. The lowest BCUT2D eigenvalue weighted by molar-refractivity contribution is -0.117. The van der Waals surface area contributed by atoms with E-state index in [1.54, 1.807) is 35.7 Å². The van der Waals surface area contributed by atoms with Crippen LogP contribution in [-0.2, 0) is 11.2 Å². The molecule has 0 saturated heterocycles. The van der Waals surface area contributed by atoms with Crippen molar-refractivity contribution in [2.24, 2.45) is 0 Å². The van der Waals surface area contributed by atoms with Gasteiger partial charge in [-0.25, -0.2) is 13.9 Å². The zero-order valence-corrected chi connectivity index (χ0v) is 13.3. The maximum absolute atomic E-state index is 13.6. The van der Waals surface area contributed by atoms with Crippen LogP contribution in [0.3, 0.4) is 0 Å². The standard InChI is InChI=1S/C16H15FN4OS/c1-11(8-12-4-2-3-5-14(12)17)15(22)18-7-6-13-9-23-16-19-10-20-21(13)16/h2-5,8-10H,6-7H2,1H3,(H,18,22)/b11-8+. The molecule has 2 aromatic heterocycles. The molecule has 5 nitrogen and oxygen atoms in total. The minimum absolute atomic E-state index is 0.210. The molecular weight excluding hydrogens is 315 g/mol. The van der Waals surface area contributed by atoms with Crippen molar-refractivity contribution in [3.63, 3.8) is 0 Å². The minimum atomic E-state index is -0.341. The highest BCUT2D eigenvalue weighted by atomic mass is 32.1. The van der Waals surface area contributed by atoms with Crippen LogP contribution in [0, 0.1) is 5.82 Å². The Labute approximate surface area is 136 Å². The van der Waals surface area contributed by atoms with Gasteiger partial charge in [-0.3, -0.25) is 4.79 Å². The number of halogens is 1. The van der Waals surface area contributed by atoms with Gasteiger partial charge in [-0.15, -0.1) is 11.3 Å². The topological polar surface area (TPSA) is 59.3 Å². The molecule has 1 amide bonds. The van der Waals surface area contributed by atoms with E-state index in [-0.39, 0.29) is 11.7 Å². The molecule has 1 N–H and O–H groups in total. The van der Waals surface area contributed by atoms with Crippen LogP contribution >= 0.6 is 11.3 Å². The number of fused-ring (bicyclic) bond motifs is 1. The second-order valence-corrected chi connectivity index (χ2v) is 5.87. The monoisotopic (exact) mass is 330 g/mol. The Morgan fingerprint density at radius 3 is 3.09 bits per heavy atom. The van der Waals surface area contributed by atoms with Gasteiger partial charge in [0.1, 0.15) is 12.1 Å². The van der Waals surface area contributed by atoms with Gasteiger partial charge in [0.25, 0.3) is 0 Å². The Kier molecular flexibility index (Phi) is 4.47. The lowest BCUT2D eigenvalue weighted by atomic mass is 10.1. The average molecular weight is 330 g/mol. The van der Waals surface area contributed by atoms with E-state index in [4.69, 9.17) is 0 Å². The van der Waals surface area contributed by atoms with Gasteiger partial charge in [0.05, 0.1) is 5.69 Å². The van der Waals surface area contributed by atoms with Crippen molar-refractivity contribution in [2.45, 2.75) is 13.3 Å². The third kappa shape index (κ3) is 3.45. The first-order chi connectivity index (χ1) is 11.1. The summed E-state index contributed by atoms with van der Waals surface area (Å²) in [6, 6.07) is 6.36. The van der Waals surface area contributed by atoms with Crippen molar-refractivity contribution in [1.82, 2.24) is 19.9 Å². The van der Waals surface area contributed by atoms with Crippen LogP contribution in [0.25, 0.3) is 11.0 Å². The quantitative estimate of drug-likeness (QED) is 0.732. The molecule has 118 valence electrons. The number of carbonyl (C=O) groups excluding carboxylic acids is 1. The predicted molar refractivity (Wildman–Crippen MR) is 87.6 cm³/mol. The first-order valence-corrected chi connectivity index (χ1v) is 8.00. The number of aromatic nitrogens is 3. The fraction of sp³-hybridized carbons (Fsp3) is 0.188. The van der Waals surface area contributed by atoms with E-state index in [9.17, 15) is 9.18 Å². The lowest BCUT2D eigenvalue weighted by Crippen LogP contribution is -2.26. The van der Waals surface area contributed by atoms with Crippen LogP contribution in [-0.4, -0.2) is 27.0 Å². The zero-order chi connectivity index (χ0) is 16.2. The average Bonchev–Trinajstić information content (AvgIpc) is 3.14. The van der Waals surface area contributed by atoms with Crippen molar-refractivity contribution in [1.29, 1.82) is 0 Å². The van der Waals surface area contributed by atoms with E-state index in [1.165, 1.54) is 23.7 Å². The molecule has 0 aliphatic carbocycles. The molecule has 0 bridgehead atoms. The number of rotatable bonds is 5. The fourth-order valence-corrected chi connectivity index (χ4v) is 3.01. The molecule has 0 spiro atoms. The van der Waals surface area contributed by atoms with Gasteiger partial charge in [0.15, 0.2) is 0 Å². The summed E-state index contributed by atoms with van der Waals surface area (Å²) in [4.78, 5) is 17.0. The van der Waals surface area contributed by atoms with Gasteiger partial charge in [-0.2, -0.15) is 5.10 Å². The molecule has 7 heteroatoms. The van der Waals surface area contributed by atoms with Gasteiger partial charge in [0, 0.05) is 29.5 Å². The maximum Gasteiger partial charge on any atom is 0.246 e. The van der Waals surface area contributed by atoms with Crippen LogP contribution in [0.4, 0.5) is 4.39 Å². The van der Waals surface area contributed by atoms with Gasteiger partial charge in [-0.05, 0) is 19.1 Å². The van der Waals surface area contributed by atoms with E-state index in [2.05, 4.69) is 15.4 Å². The summed E-state index contributed by atoms with van der Waals surface area (Å²) in [5.74, 6) is -0.551. The molecule has 23 heavy (non-hydrogen) atoms. The summed E-state index contributed by atoms with van der Waals surface area (Å²) in [6.07, 6.45) is 3.71. The molecule has 0 unspecified atom stereocenters. The molecule has 0 radical (unpaired) electrons. The summed E-state index contributed by atoms with van der Waals surface area (Å²) >= 11 is 1.51. The van der Waals surface area contributed by atoms with E-state index < -0.39 is 0 Å². The van der Waals surface area contributed by atoms with Gasteiger partial charge < -0.3 is 5.32 Å². The molecule has 0 fully saturated rings. The van der Waals surface area contributed by atoms with Crippen molar-refractivity contribution in [3.8, 4) is 0 Å². The third-order valence-electron chi connectivity index (χ3n) is 3.39. The van der Waals surface area contributed by atoms with Crippen LogP contribution in [0.5, 0.6) is 0 Å². The number of hydrogen-bond acceptors (Lipinski definition) is 4. The van der Waals surface area contributed by atoms with Crippen LogP contribution < -0.4 is 5.32 Å². The molecule has 0 saturated carbocycles. The van der Waals surface area contributed by atoms with Crippen molar-refractivity contribution >= 4 is 28.3 Å². The zero-order valence-electron chi connectivity index (χ0n) is 12.5. The number of carbonyl (C=O) groups is 1. The summed E-state index contributed by atoms with van der Waals surface area (Å²) < 4.78 is 15.3. The highest BCUT2D eigenvalue weighted by Crippen LogP contribution is 2.13. The minimum Gasteiger partial charge on any atom is -0.352 e. The normalized spacial score (nSPS) is 11.8. The third-order valence-corrected chi connectivity index (χ3v) is 4.27. The predicted octanol–water partition coefficient (Wildman–Crippen LogP) is 2.69. The number of amides is 1. The SMILES string of the molecule is C/C(=C\c1ccccc1F)C(=O)NCCc1csc2ncnn12. The van der Waals surface area contributed by atoms with E-state index >= 15 is 0 Å². The molecule has 0 aliphatic heterocycles. The first kappa shape index (κ1) is 15.4. The van der Waals surface area contributed by atoms with Gasteiger partial charge >= 0.3 is 0 Å². The first-order valence-electron chi connectivity index (χ1n) is 7.12. The highest BCUT2D eigenvalue weighted by molar-refractivity contribution is 7.15. The van der Waals surface area contributed by atoms with Crippen molar-refractivity contribution in [3.05, 3.63) is 58.6 Å². The largest absolute Gasteiger partial charge is 0.352 e. The Bertz CT molecular complexity index is 868. The number of benzene rings is 1. The van der Waals surface area contributed by atoms with Crippen LogP contribution in [0.2, 0.25) is 0 Å². The smallest absolute Gasteiger partial charge is 0.246 e. The summed E-state index contributed by atoms with van der Waals surface area (Å²) in [7, 11) is 0. The number of hydrogen-bond donors (Lipinski definition) is 1. The molecule has 0 atom stereocenters. The van der Waals surface area contributed by atoms with Crippen LogP contribution in [0.1, 0.15) is 18.2 Å². The van der Waals surface area contributed by atoms with E-state index in [0.29, 0.717) is 24.1 Å². The molecule has 1 aromatic carbocycles. The Morgan fingerprint density at radius 1 is 1.43 bits per heavy atom. The molecule has 0 aliphatic rings. The van der Waals surface area contributed by atoms with Crippen molar-refractivity contribution in [2.75, 3.05) is 6.54 Å². The Morgan fingerprint density at radius 2 is 2.26 bits per heavy atom. The van der Waals surface area contributed by atoms with Gasteiger partial charge in [-0.1, -0.05) is 18.2 Å². The second-order valence-electron chi connectivity index (χ2n) is 5.04. The molecular formula is C16H15FN4OS. The lowest BCUT2D eigenvalue weighted by Gasteiger charge is -2.05. The molecule has 3 aromatic rings. The molecule has 3 rings (SSSR count). The highest BCUT2D eigenvalue weighted by Gasteiger charge is 2.08. The number of thiazole rings is 1. The van der Waals surface area contributed by atoms with Gasteiger partial charge in [0.2, 0.25) is 10.9 Å². The number of nitrogens with one attached hydrogen (secondary N) is 1. The maximum atomic E-state index is 13.6. The number of nitrogens with zero attached hydrogens (tertiary/aromatic N) is 3. The van der Waals surface area contributed by atoms with Crippen LogP contribution in [0.15, 0.2) is 41.5 Å². The second kappa shape index (κ2) is 6.70. The summed E-state index contributed by atoms with van der Waals surface area (Å²) in [5.41, 5.74) is 1.87. The van der Waals surface area contributed by atoms with Crippen molar-refractivity contribution < 1.29 is 9.18 Å². The van der Waals surface area contributed by atoms with E-state index in [1.807, 2.05) is 5.38 Å². The molecule has 2 heterocycles. The fourth-order valence-electron chi connectivity index (χ4n) is 2.18.